The van der Waals surface area contributed by atoms with Gasteiger partial charge in [-0.2, -0.15) is 11.8 Å². The van der Waals surface area contributed by atoms with Crippen LogP contribution in [-0.2, 0) is 0 Å². The van der Waals surface area contributed by atoms with Gasteiger partial charge in [0.1, 0.15) is 0 Å². The minimum Gasteiger partial charge on any atom is -0.355 e. The molecule has 1 rings (SSSR count). The maximum Gasteiger partial charge on any atom is 0.191 e. The van der Waals surface area contributed by atoms with Crippen LogP contribution in [0.5, 0.6) is 0 Å². The number of thioether (sulfide) groups is 1. The molecule has 0 bridgehead atoms. The molecule has 124 valence electrons. The molecule has 2 N–H and O–H groups in total. The van der Waals surface area contributed by atoms with Gasteiger partial charge in [0, 0.05) is 30.9 Å². The third-order valence-electron chi connectivity index (χ3n) is 4.32. The van der Waals surface area contributed by atoms with Crippen LogP contribution in [0.4, 0.5) is 0 Å². The van der Waals surface area contributed by atoms with E-state index in [1.54, 1.807) is 0 Å². The van der Waals surface area contributed by atoms with Crippen molar-refractivity contribution in [2.45, 2.75) is 51.3 Å². The second-order valence-corrected chi connectivity index (χ2v) is 8.34. The summed E-state index contributed by atoms with van der Waals surface area (Å²) in [5, 5.41) is 6.96. The molecule has 0 aromatic carbocycles. The van der Waals surface area contributed by atoms with Crippen molar-refractivity contribution in [1.29, 1.82) is 0 Å². The Hall–Kier alpha value is -0.420. The van der Waals surface area contributed by atoms with E-state index in [0.717, 1.165) is 19.0 Å². The lowest BCUT2D eigenvalue weighted by atomic mass is 10.0. The molecule has 0 aromatic rings. The van der Waals surface area contributed by atoms with Gasteiger partial charge in [-0.3, -0.25) is 9.89 Å². The van der Waals surface area contributed by atoms with Crippen LogP contribution in [0, 0.1) is 5.92 Å². The maximum absolute atomic E-state index is 4.35. The van der Waals surface area contributed by atoms with E-state index in [0.29, 0.717) is 12.0 Å². The summed E-state index contributed by atoms with van der Waals surface area (Å²) in [6, 6.07) is 0.597. The van der Waals surface area contributed by atoms with Crippen molar-refractivity contribution in [1.82, 2.24) is 15.5 Å². The van der Waals surface area contributed by atoms with Crippen LogP contribution in [0.3, 0.4) is 0 Å². The van der Waals surface area contributed by atoms with Crippen LogP contribution >= 0.6 is 11.8 Å². The van der Waals surface area contributed by atoms with Gasteiger partial charge in [-0.15, -0.1) is 0 Å². The molecule has 1 aliphatic rings. The number of nitrogens with one attached hydrogen (secondary N) is 2. The summed E-state index contributed by atoms with van der Waals surface area (Å²) >= 11 is 1.88. The molecule has 0 saturated carbocycles. The fourth-order valence-electron chi connectivity index (χ4n) is 2.65. The molecule has 0 amide bonds. The van der Waals surface area contributed by atoms with Gasteiger partial charge in [0.2, 0.25) is 0 Å². The topological polar surface area (TPSA) is 39.7 Å². The van der Waals surface area contributed by atoms with Crippen LogP contribution in [-0.4, -0.2) is 61.1 Å². The van der Waals surface area contributed by atoms with E-state index in [1.807, 2.05) is 18.8 Å². The Balaban J connectivity index is 2.45. The third-order valence-corrected chi connectivity index (χ3v) is 5.57. The number of hydrogen-bond acceptors (Lipinski definition) is 3. The van der Waals surface area contributed by atoms with Crippen LogP contribution in [0.1, 0.15) is 40.5 Å². The summed E-state index contributed by atoms with van der Waals surface area (Å²) in [5.74, 6) is 1.58. The van der Waals surface area contributed by atoms with Gasteiger partial charge in [0.15, 0.2) is 5.96 Å². The van der Waals surface area contributed by atoms with E-state index in [9.17, 15) is 0 Å². The molecule has 0 aromatic heterocycles. The van der Waals surface area contributed by atoms with E-state index in [1.165, 1.54) is 25.9 Å². The Morgan fingerprint density at radius 1 is 1.24 bits per heavy atom. The normalized spacial score (nSPS) is 19.1. The van der Waals surface area contributed by atoms with Crippen LogP contribution in [0.15, 0.2) is 4.99 Å². The smallest absolute Gasteiger partial charge is 0.191 e. The van der Waals surface area contributed by atoms with E-state index in [4.69, 9.17) is 0 Å². The Morgan fingerprint density at radius 3 is 2.33 bits per heavy atom. The van der Waals surface area contributed by atoms with E-state index in [2.05, 4.69) is 54.5 Å². The zero-order chi connectivity index (χ0) is 15.9. The molecule has 1 aliphatic heterocycles. The molecule has 1 fully saturated rings. The molecular weight excluding hydrogens is 280 g/mol. The molecule has 5 heteroatoms. The average Bonchev–Trinajstić information content (AvgIpc) is 2.96. The lowest BCUT2D eigenvalue weighted by Gasteiger charge is -2.32. The quantitative estimate of drug-likeness (QED) is 0.559. The summed E-state index contributed by atoms with van der Waals surface area (Å²) in [7, 11) is 1.85. The Kier molecular flexibility index (Phi) is 7.88. The van der Waals surface area contributed by atoms with Crippen molar-refractivity contribution in [2.75, 3.05) is 39.5 Å². The lowest BCUT2D eigenvalue weighted by Crippen LogP contribution is -2.50. The zero-order valence-corrected chi connectivity index (χ0v) is 15.5. The molecule has 0 spiro atoms. The van der Waals surface area contributed by atoms with Crippen molar-refractivity contribution in [3.63, 3.8) is 0 Å². The van der Waals surface area contributed by atoms with Crippen molar-refractivity contribution in [3.8, 4) is 0 Å². The zero-order valence-electron chi connectivity index (χ0n) is 14.7. The Bertz CT molecular complexity index is 322. The molecule has 1 heterocycles. The van der Waals surface area contributed by atoms with Gasteiger partial charge >= 0.3 is 0 Å². The standard InChI is InChI=1S/C16H34N4S/c1-13(2)14(20-9-7-8-10-20)11-18-15(17-5)19-12-16(3,4)21-6/h13-14H,7-12H2,1-6H3,(H2,17,18,19). The van der Waals surface area contributed by atoms with E-state index in [-0.39, 0.29) is 4.75 Å². The van der Waals surface area contributed by atoms with Gasteiger partial charge in [0.05, 0.1) is 0 Å². The molecule has 1 saturated heterocycles. The minimum absolute atomic E-state index is 0.226. The van der Waals surface area contributed by atoms with Gasteiger partial charge in [-0.25, -0.2) is 0 Å². The summed E-state index contributed by atoms with van der Waals surface area (Å²) in [4.78, 5) is 6.97. The fourth-order valence-corrected chi connectivity index (χ4v) is 2.87. The highest BCUT2D eigenvalue weighted by Crippen LogP contribution is 2.19. The first-order chi connectivity index (χ1) is 9.89. The predicted molar refractivity (Wildman–Crippen MR) is 96.4 cm³/mol. The number of hydrogen-bond donors (Lipinski definition) is 2. The summed E-state index contributed by atoms with van der Waals surface area (Å²) < 4.78 is 0.226. The van der Waals surface area contributed by atoms with Gasteiger partial charge in [-0.1, -0.05) is 13.8 Å². The van der Waals surface area contributed by atoms with Crippen molar-refractivity contribution in [2.24, 2.45) is 10.9 Å². The number of aliphatic imine (C=N–C) groups is 1. The predicted octanol–water partition coefficient (Wildman–Crippen LogP) is 2.41. The molecule has 0 radical (unpaired) electrons. The number of rotatable bonds is 7. The lowest BCUT2D eigenvalue weighted by molar-refractivity contribution is 0.192. The van der Waals surface area contributed by atoms with Crippen molar-refractivity contribution < 1.29 is 0 Å². The largest absolute Gasteiger partial charge is 0.355 e. The summed E-state index contributed by atoms with van der Waals surface area (Å²) in [6.07, 6.45) is 4.84. The summed E-state index contributed by atoms with van der Waals surface area (Å²) in [5.41, 5.74) is 0. The van der Waals surface area contributed by atoms with Gasteiger partial charge in [-0.05, 0) is 52.0 Å². The number of likely N-dealkylation sites (tertiary alicyclic amines) is 1. The number of nitrogens with zero attached hydrogens (tertiary/aromatic N) is 2. The highest BCUT2D eigenvalue weighted by molar-refractivity contribution is 7.99. The summed E-state index contributed by atoms with van der Waals surface area (Å²) in [6.45, 7) is 13.5. The van der Waals surface area contributed by atoms with Gasteiger partial charge < -0.3 is 10.6 Å². The minimum atomic E-state index is 0.226. The third kappa shape index (κ3) is 6.47. The first kappa shape index (κ1) is 18.6. The molecule has 1 unspecified atom stereocenters. The molecule has 21 heavy (non-hydrogen) atoms. The fraction of sp³-hybridized carbons (Fsp3) is 0.938. The Morgan fingerprint density at radius 2 is 1.86 bits per heavy atom. The first-order valence-electron chi connectivity index (χ1n) is 8.13. The second-order valence-electron chi connectivity index (χ2n) is 6.82. The average molecular weight is 315 g/mol. The highest BCUT2D eigenvalue weighted by Gasteiger charge is 2.24. The van der Waals surface area contributed by atoms with Crippen LogP contribution in [0.2, 0.25) is 0 Å². The van der Waals surface area contributed by atoms with E-state index < -0.39 is 0 Å². The highest BCUT2D eigenvalue weighted by atomic mass is 32.2. The SMILES string of the molecule is CN=C(NCC(C(C)C)N1CCCC1)NCC(C)(C)SC. The van der Waals surface area contributed by atoms with Crippen LogP contribution < -0.4 is 10.6 Å². The number of guanidine groups is 1. The van der Waals surface area contributed by atoms with Gasteiger partial charge in [0.25, 0.3) is 0 Å². The van der Waals surface area contributed by atoms with Crippen molar-refractivity contribution >= 4 is 17.7 Å². The Labute approximate surface area is 135 Å². The molecule has 1 atom stereocenters. The molecule has 0 aliphatic carbocycles. The van der Waals surface area contributed by atoms with E-state index >= 15 is 0 Å². The second kappa shape index (κ2) is 8.89. The van der Waals surface area contributed by atoms with Crippen LogP contribution in [0.25, 0.3) is 0 Å². The first-order valence-corrected chi connectivity index (χ1v) is 9.36. The maximum atomic E-state index is 4.35. The van der Waals surface area contributed by atoms with Crippen molar-refractivity contribution in [3.05, 3.63) is 0 Å². The molecule has 4 nitrogen and oxygen atoms in total. The monoisotopic (exact) mass is 314 g/mol. The molecular formula is C16H34N4S.